The van der Waals surface area contributed by atoms with Crippen LogP contribution in [0.25, 0.3) is 47.9 Å². The minimum atomic E-state index is 0.734. The Balaban J connectivity index is 1.87. The minimum absolute atomic E-state index is 0.734. The molecule has 0 saturated carbocycles. The first-order chi connectivity index (χ1) is 14.7. The average molecular weight is 384 g/mol. The van der Waals surface area contributed by atoms with E-state index < -0.39 is 0 Å². The van der Waals surface area contributed by atoms with Crippen LogP contribution in [0.2, 0.25) is 0 Å². The lowest BCUT2D eigenvalue weighted by molar-refractivity contribution is 1.57. The fourth-order valence-corrected chi connectivity index (χ4v) is 3.35. The molecule has 0 aliphatic rings. The Kier molecular flexibility index (Phi) is 5.08. The van der Waals surface area contributed by atoms with E-state index in [1.807, 2.05) is 72.8 Å². The van der Waals surface area contributed by atoms with Crippen molar-refractivity contribution in [1.29, 1.82) is 0 Å². The zero-order valence-electron chi connectivity index (χ0n) is 16.2. The average Bonchev–Trinajstić information content (AvgIpc) is 2.84. The second-order valence-electron chi connectivity index (χ2n) is 6.83. The van der Waals surface area contributed by atoms with E-state index in [0.717, 1.165) is 50.4 Å². The highest BCUT2D eigenvalue weighted by atomic mass is 14.6. The van der Waals surface area contributed by atoms with Gasteiger partial charge in [-0.1, -0.05) is 0 Å². The summed E-state index contributed by atoms with van der Waals surface area (Å²) in [5.41, 5.74) is 8.70. The highest BCUT2D eigenvalue weighted by molar-refractivity contribution is 5.82. The maximum atomic E-state index is 5.38. The van der Waals surface area contributed by atoms with Crippen molar-refractivity contribution in [3.63, 3.8) is 0 Å². The summed E-state index contributed by atoms with van der Waals surface area (Å²) < 4.78 is 0. The van der Waals surface area contributed by atoms with Gasteiger partial charge in [0, 0.05) is 36.4 Å². The van der Waals surface area contributed by atoms with Crippen molar-refractivity contribution >= 4 is 17.1 Å². The van der Waals surface area contributed by atoms with Crippen LogP contribution in [0.5, 0.6) is 0 Å². The summed E-state index contributed by atoms with van der Waals surface area (Å²) in [4.78, 5) is 11.2. The number of hydrogen-bond donors (Lipinski definition) is 0. The molecule has 4 rings (SSSR count). The van der Waals surface area contributed by atoms with Gasteiger partial charge in [0.1, 0.15) is 0 Å². The van der Waals surface area contributed by atoms with Gasteiger partial charge in [-0.05, 0) is 103 Å². The van der Waals surface area contributed by atoms with Gasteiger partial charge in [-0.15, -0.1) is 0 Å². The molecule has 0 saturated heterocycles. The lowest BCUT2D eigenvalue weighted by Gasteiger charge is -2.11. The summed E-state index contributed by atoms with van der Waals surface area (Å²) in [6, 6.07) is 30.0. The van der Waals surface area contributed by atoms with Gasteiger partial charge in [0.2, 0.25) is 0 Å². The zero-order chi connectivity index (χ0) is 20.9. The van der Waals surface area contributed by atoms with Crippen molar-refractivity contribution in [3.8, 4) is 53.1 Å². The SMILES string of the molecule is C#[N+]c1ccc(-c2cc(-c3ccc([N+]#C)cc3)cc(-c3ccc([N+]#C)cc3)c2)cc1. The number of nitrogens with zero attached hydrogens (tertiary/aromatic N) is 3. The molecule has 0 aliphatic carbocycles. The molecule has 0 bridgehead atoms. The van der Waals surface area contributed by atoms with Crippen molar-refractivity contribution in [2.75, 3.05) is 0 Å². The van der Waals surface area contributed by atoms with Gasteiger partial charge < -0.3 is 0 Å². The molecule has 3 nitrogen and oxygen atoms in total. The summed E-state index contributed by atoms with van der Waals surface area (Å²) in [6.45, 7) is 16.1. The number of hydrogen-bond acceptors (Lipinski definition) is 0. The first-order valence-electron chi connectivity index (χ1n) is 9.39. The van der Waals surface area contributed by atoms with Crippen molar-refractivity contribution in [2.24, 2.45) is 0 Å². The maximum absolute atomic E-state index is 5.38. The van der Waals surface area contributed by atoms with Crippen LogP contribution in [-0.4, -0.2) is 0 Å². The largest absolute Gasteiger partial charge is 0.339 e. The summed E-state index contributed by atoms with van der Waals surface area (Å²) in [5.74, 6) is 0. The second kappa shape index (κ2) is 8.15. The predicted molar refractivity (Wildman–Crippen MR) is 127 cm³/mol. The third-order valence-corrected chi connectivity index (χ3v) is 4.98. The second-order valence-corrected chi connectivity index (χ2v) is 6.83. The van der Waals surface area contributed by atoms with E-state index in [1.165, 1.54) is 0 Å². The van der Waals surface area contributed by atoms with Crippen molar-refractivity contribution in [3.05, 3.63) is 106 Å². The Labute approximate surface area is 176 Å². The maximum Gasteiger partial charge on any atom is 0.339 e. The first-order valence-corrected chi connectivity index (χ1v) is 9.39. The quantitative estimate of drug-likeness (QED) is 0.336. The Bertz CT molecular complexity index is 1140. The molecule has 0 unspecified atom stereocenters. The van der Waals surface area contributed by atoms with E-state index in [1.54, 1.807) is 0 Å². The van der Waals surface area contributed by atoms with Gasteiger partial charge in [-0.2, -0.15) is 0 Å². The van der Waals surface area contributed by atoms with Crippen LogP contribution in [0.3, 0.4) is 0 Å². The van der Waals surface area contributed by atoms with Crippen LogP contribution in [0, 0.1) is 19.7 Å². The Morgan fingerprint density at radius 3 is 0.767 bits per heavy atom. The lowest BCUT2D eigenvalue weighted by atomic mass is 9.93. The third-order valence-electron chi connectivity index (χ3n) is 4.98. The van der Waals surface area contributed by atoms with E-state index in [9.17, 15) is 0 Å². The zero-order valence-corrected chi connectivity index (χ0v) is 16.2. The predicted octanol–water partition coefficient (Wildman–Crippen LogP) is 8.47. The Morgan fingerprint density at radius 2 is 0.567 bits per heavy atom. The number of benzene rings is 4. The van der Waals surface area contributed by atoms with Crippen LogP contribution in [0.15, 0.2) is 91.0 Å². The summed E-state index contributed by atoms with van der Waals surface area (Å²) in [6.07, 6.45) is 0. The van der Waals surface area contributed by atoms with Crippen LogP contribution in [0.4, 0.5) is 17.1 Å². The molecule has 0 radical (unpaired) electrons. The molecule has 4 aromatic rings. The van der Waals surface area contributed by atoms with E-state index >= 15 is 0 Å². The fourth-order valence-electron chi connectivity index (χ4n) is 3.35. The first kappa shape index (κ1) is 18.7. The summed E-state index contributed by atoms with van der Waals surface area (Å²) >= 11 is 0. The van der Waals surface area contributed by atoms with E-state index in [-0.39, 0.29) is 0 Å². The van der Waals surface area contributed by atoms with Gasteiger partial charge in [-0.3, -0.25) is 0 Å². The van der Waals surface area contributed by atoms with Crippen LogP contribution in [0.1, 0.15) is 0 Å². The van der Waals surface area contributed by atoms with Crippen LogP contribution >= 0.6 is 0 Å². The van der Waals surface area contributed by atoms with Crippen LogP contribution < -0.4 is 0 Å². The summed E-state index contributed by atoms with van der Waals surface area (Å²) in [5, 5.41) is 0. The molecule has 0 atom stereocenters. The summed E-state index contributed by atoms with van der Waals surface area (Å²) in [7, 11) is 0. The van der Waals surface area contributed by atoms with Gasteiger partial charge in [0.05, 0.1) is 0 Å². The van der Waals surface area contributed by atoms with Crippen molar-refractivity contribution < 1.29 is 0 Å². The molecule has 0 amide bonds. The molecule has 0 spiro atoms. The molecular weight excluding hydrogens is 366 g/mol. The van der Waals surface area contributed by atoms with E-state index in [4.69, 9.17) is 19.7 Å². The minimum Gasteiger partial charge on any atom is -0.0465 e. The number of rotatable bonds is 3. The molecule has 0 aliphatic heterocycles. The van der Waals surface area contributed by atoms with Gasteiger partial charge in [0.25, 0.3) is 19.7 Å². The molecule has 138 valence electrons. The van der Waals surface area contributed by atoms with E-state index in [0.29, 0.717) is 0 Å². The van der Waals surface area contributed by atoms with Crippen molar-refractivity contribution in [2.45, 2.75) is 0 Å². The topological polar surface area (TPSA) is 13.1 Å². The third kappa shape index (κ3) is 3.81. The highest BCUT2D eigenvalue weighted by Gasteiger charge is 2.10. The van der Waals surface area contributed by atoms with E-state index in [2.05, 4.69) is 32.7 Å². The smallest absolute Gasteiger partial charge is 0.0465 e. The molecule has 0 heterocycles. The molecule has 0 N–H and O–H groups in total. The van der Waals surface area contributed by atoms with Gasteiger partial charge in [-0.25, -0.2) is 0 Å². The fraction of sp³-hybridized carbons (Fsp3) is 0. The monoisotopic (exact) mass is 384 g/mol. The lowest BCUT2D eigenvalue weighted by Crippen LogP contribution is -1.86. The molecule has 4 aromatic carbocycles. The molecular formula is C27H18N3+3. The van der Waals surface area contributed by atoms with Gasteiger partial charge in [0.15, 0.2) is 0 Å². The molecule has 0 aromatic heterocycles. The van der Waals surface area contributed by atoms with Crippen LogP contribution in [-0.2, 0) is 0 Å². The normalized spacial score (nSPS) is 9.90. The standard InChI is InChI=1S/C27H18N3/c1-28-25-10-4-19(5-11-25)22-16-23(20-6-12-26(29-2)13-7-20)18-24(17-22)21-8-14-27(30-3)15-9-21/h1-18H/q+3. The highest BCUT2D eigenvalue weighted by Crippen LogP contribution is 2.34. The van der Waals surface area contributed by atoms with Gasteiger partial charge >= 0.3 is 17.1 Å². The molecule has 3 heteroatoms. The molecule has 30 heavy (non-hydrogen) atoms. The molecule has 0 fully saturated rings. The Morgan fingerprint density at radius 1 is 0.333 bits per heavy atom. The Hall–Kier alpha value is -4.65. The van der Waals surface area contributed by atoms with Crippen molar-refractivity contribution in [1.82, 2.24) is 0 Å².